The van der Waals surface area contributed by atoms with Gasteiger partial charge in [-0.1, -0.05) is 112 Å². The van der Waals surface area contributed by atoms with Crippen LogP contribution in [0.3, 0.4) is 0 Å². The molecule has 12 heteroatoms. The molecule has 2 aliphatic carbocycles. The summed E-state index contributed by atoms with van der Waals surface area (Å²) in [6, 6.07) is 24.4. The summed E-state index contributed by atoms with van der Waals surface area (Å²) in [5.41, 5.74) is -4.81. The number of sulfone groups is 2. The maximum Gasteiger partial charge on any atom is 0.380 e. The highest BCUT2D eigenvalue weighted by Crippen LogP contribution is 2.77. The number of hydrogen-bond donors (Lipinski definition) is 0. The molecule has 0 saturated heterocycles. The van der Waals surface area contributed by atoms with Crippen LogP contribution < -0.4 is 0 Å². The van der Waals surface area contributed by atoms with E-state index in [1.807, 2.05) is 0 Å². The lowest BCUT2D eigenvalue weighted by Crippen LogP contribution is -2.62. The molecule has 0 aromatic heterocycles. The van der Waals surface area contributed by atoms with E-state index in [2.05, 4.69) is 0 Å². The predicted molar refractivity (Wildman–Crippen MR) is 182 cm³/mol. The van der Waals surface area contributed by atoms with E-state index in [0.29, 0.717) is 22.3 Å². The van der Waals surface area contributed by atoms with Crippen molar-refractivity contribution < 1.29 is 43.2 Å². The fourth-order valence-electron chi connectivity index (χ4n) is 9.13. The van der Waals surface area contributed by atoms with Gasteiger partial charge in [0.1, 0.15) is 9.49 Å². The first-order chi connectivity index (χ1) is 24.0. The summed E-state index contributed by atoms with van der Waals surface area (Å²) in [6.45, 7) is 3.03. The zero-order valence-corrected chi connectivity index (χ0v) is 28.9. The number of rotatable bonds is 6. The van der Waals surface area contributed by atoms with E-state index in [4.69, 9.17) is 0 Å². The maximum absolute atomic E-state index is 16.4. The lowest BCUT2D eigenvalue weighted by atomic mass is 9.64. The van der Waals surface area contributed by atoms with Crippen molar-refractivity contribution in [3.8, 4) is 22.3 Å². The van der Waals surface area contributed by atoms with E-state index in [1.54, 1.807) is 60.7 Å². The van der Waals surface area contributed by atoms with Crippen molar-refractivity contribution >= 4 is 30.8 Å². The summed E-state index contributed by atoms with van der Waals surface area (Å²) in [6.07, 6.45) is -1.45. The minimum absolute atomic E-state index is 0.108. The first-order valence-electron chi connectivity index (χ1n) is 16.5. The van der Waals surface area contributed by atoms with Crippen molar-refractivity contribution in [1.29, 1.82) is 0 Å². The van der Waals surface area contributed by atoms with E-state index in [0.717, 1.165) is 12.1 Å². The average Bonchev–Trinajstić information content (AvgIpc) is 3.47. The van der Waals surface area contributed by atoms with Crippen LogP contribution in [0.25, 0.3) is 33.4 Å². The van der Waals surface area contributed by atoms with Gasteiger partial charge < -0.3 is 0 Å². The van der Waals surface area contributed by atoms with Crippen molar-refractivity contribution in [2.45, 2.75) is 76.6 Å². The smallest absolute Gasteiger partial charge is 0.223 e. The number of fused-ring (bicyclic) bond motifs is 8. The highest BCUT2D eigenvalue weighted by molar-refractivity contribution is 7.98. The first-order valence-corrected chi connectivity index (χ1v) is 19.5. The molecule has 8 rings (SSSR count). The molecule has 2 aliphatic heterocycles. The van der Waals surface area contributed by atoms with Gasteiger partial charge in [0.25, 0.3) is 0 Å². The van der Waals surface area contributed by atoms with E-state index in [9.17, 15) is 0 Å². The number of hydrogen-bond acceptors (Lipinski definition) is 4. The Balaban J connectivity index is 1.60. The maximum atomic E-state index is 16.4. The molecule has 0 spiro atoms. The van der Waals surface area contributed by atoms with Crippen LogP contribution in [0.1, 0.15) is 50.7 Å². The van der Waals surface area contributed by atoms with Gasteiger partial charge in [-0.2, -0.15) is 26.3 Å². The van der Waals surface area contributed by atoms with Gasteiger partial charge in [0, 0.05) is 11.1 Å². The summed E-state index contributed by atoms with van der Waals surface area (Å²) in [5, 5.41) is 0. The SMILES string of the molecule is CCCC12C(=C3C(=C4c5ccc(-c6ccccc6)cc5S(=O)(=O)C41CCC)C(F)(F)C(F)(F)C3(F)F)c1ccc(-c3ccccc3)cc1S2(=O)=O. The van der Waals surface area contributed by atoms with Gasteiger partial charge in [-0.25, -0.2) is 16.8 Å². The molecule has 4 nitrogen and oxygen atoms in total. The zero-order valence-electron chi connectivity index (χ0n) is 27.3. The van der Waals surface area contributed by atoms with Crippen LogP contribution in [-0.2, 0) is 19.7 Å². The molecule has 4 aromatic rings. The Kier molecular flexibility index (Phi) is 6.97. The number of benzene rings is 4. The lowest BCUT2D eigenvalue weighted by Gasteiger charge is -2.50. The average molecular weight is 741 g/mol. The fraction of sp³-hybridized carbons (Fsp3) is 0.282. The van der Waals surface area contributed by atoms with Crippen LogP contribution in [0.4, 0.5) is 26.3 Å². The van der Waals surface area contributed by atoms with Gasteiger partial charge in [-0.15, -0.1) is 0 Å². The molecule has 0 bridgehead atoms. The van der Waals surface area contributed by atoms with Gasteiger partial charge in [-0.05, 0) is 69.5 Å². The second-order valence-corrected chi connectivity index (χ2v) is 17.8. The Labute approximate surface area is 291 Å². The Hall–Kier alpha value is -4.16. The summed E-state index contributed by atoms with van der Waals surface area (Å²) in [5.74, 6) is -17.2. The molecule has 0 N–H and O–H groups in total. The topological polar surface area (TPSA) is 68.3 Å². The largest absolute Gasteiger partial charge is 0.380 e. The number of alkyl halides is 6. The van der Waals surface area contributed by atoms with Crippen molar-refractivity contribution in [1.82, 2.24) is 0 Å². The highest BCUT2D eigenvalue weighted by Gasteiger charge is 2.88. The predicted octanol–water partition coefficient (Wildman–Crippen LogP) is 9.81. The third-order valence-electron chi connectivity index (χ3n) is 11.0. The van der Waals surface area contributed by atoms with Crippen LogP contribution >= 0.6 is 0 Å². The molecule has 1 fully saturated rings. The Morgan fingerprint density at radius 1 is 0.471 bits per heavy atom. The fourth-order valence-corrected chi connectivity index (χ4v) is 15.2. The molecule has 2 heterocycles. The zero-order chi connectivity index (χ0) is 36.6. The lowest BCUT2D eigenvalue weighted by molar-refractivity contribution is -0.257. The van der Waals surface area contributed by atoms with Crippen LogP contribution in [0.2, 0.25) is 0 Å². The monoisotopic (exact) mass is 740 g/mol. The van der Waals surface area contributed by atoms with Crippen molar-refractivity contribution in [3.63, 3.8) is 0 Å². The molecular formula is C39H30F6O4S2. The molecule has 1 saturated carbocycles. The van der Waals surface area contributed by atoms with Gasteiger partial charge in [0.05, 0.1) is 9.79 Å². The Morgan fingerprint density at radius 2 is 0.824 bits per heavy atom. The molecule has 264 valence electrons. The van der Waals surface area contributed by atoms with E-state index >= 15 is 43.2 Å². The van der Waals surface area contributed by atoms with Gasteiger partial charge >= 0.3 is 17.8 Å². The van der Waals surface area contributed by atoms with Crippen molar-refractivity contribution in [3.05, 3.63) is 119 Å². The minimum Gasteiger partial charge on any atom is -0.223 e. The first kappa shape index (κ1) is 34.0. The molecule has 51 heavy (non-hydrogen) atoms. The quantitative estimate of drug-likeness (QED) is 0.185. The molecule has 4 aromatic carbocycles. The molecule has 2 atom stereocenters. The molecule has 0 radical (unpaired) electrons. The van der Waals surface area contributed by atoms with Gasteiger partial charge in [-0.3, -0.25) is 0 Å². The molecule has 2 unspecified atom stereocenters. The van der Waals surface area contributed by atoms with Crippen LogP contribution in [0.5, 0.6) is 0 Å². The summed E-state index contributed by atoms with van der Waals surface area (Å²) >= 11 is 0. The second-order valence-electron chi connectivity index (χ2n) is 13.5. The minimum atomic E-state index is -6.02. The van der Waals surface area contributed by atoms with Crippen molar-refractivity contribution in [2.24, 2.45) is 0 Å². The van der Waals surface area contributed by atoms with E-state index in [1.165, 1.54) is 38.1 Å². The standard InChI is InChI=1S/C39H30F6O4S2/c1-3-19-35-31(27-17-15-25(21-29(27)50(35,46)47)23-11-7-5-8-12-23)33-34(38(42,43)39(44,45)37(33,40)41)32-28-18-16-26(24-13-9-6-10-14-24)22-30(28)51(48,49)36(32,35)20-4-2/h5-18,21-22H,3-4,19-20H2,1-2H3. The van der Waals surface area contributed by atoms with E-state index < -0.39 is 103 Å². The molecule has 4 aliphatic rings. The summed E-state index contributed by atoms with van der Waals surface area (Å²) in [4.78, 5) is -1.14. The van der Waals surface area contributed by atoms with Crippen LogP contribution in [0, 0.1) is 0 Å². The summed E-state index contributed by atoms with van der Waals surface area (Å²) < 4.78 is 153. The third-order valence-corrected chi connectivity index (χ3v) is 16.4. The van der Waals surface area contributed by atoms with Gasteiger partial charge in [0.15, 0.2) is 19.7 Å². The Morgan fingerprint density at radius 3 is 1.16 bits per heavy atom. The van der Waals surface area contributed by atoms with Crippen molar-refractivity contribution in [2.75, 3.05) is 0 Å². The van der Waals surface area contributed by atoms with Gasteiger partial charge in [0.2, 0.25) is 0 Å². The van der Waals surface area contributed by atoms with E-state index in [-0.39, 0.29) is 12.8 Å². The van der Waals surface area contributed by atoms with Crippen LogP contribution in [-0.4, -0.2) is 44.1 Å². The molecular weight excluding hydrogens is 711 g/mol. The molecule has 0 amide bonds. The second kappa shape index (κ2) is 10.5. The normalized spacial score (nSPS) is 26.7. The Bertz CT molecular complexity index is 2290. The number of allylic oxidation sites excluding steroid dienone is 2. The summed E-state index contributed by atoms with van der Waals surface area (Å²) in [7, 11) is -10.2. The van der Waals surface area contributed by atoms with Crippen LogP contribution in [0.15, 0.2) is 118 Å². The third kappa shape index (κ3) is 3.67. The number of halogens is 6. The highest BCUT2D eigenvalue weighted by atomic mass is 32.2.